The van der Waals surface area contributed by atoms with Crippen molar-refractivity contribution in [2.45, 2.75) is 297 Å². The summed E-state index contributed by atoms with van der Waals surface area (Å²) in [5.41, 5.74) is 0. The molecule has 0 aromatic carbocycles. The Bertz CT molecular complexity index is 1840. The number of esters is 3. The molecule has 6 heteroatoms. The van der Waals surface area contributed by atoms with E-state index in [0.717, 1.165) is 128 Å². The number of rotatable bonds is 60. The molecule has 0 amide bonds. The van der Waals surface area contributed by atoms with E-state index in [9.17, 15) is 14.4 Å². The normalized spacial score (nSPS) is 13.1. The first-order valence-electron chi connectivity index (χ1n) is 34.0. The third-order valence-corrected chi connectivity index (χ3v) is 14.0. The fourth-order valence-corrected chi connectivity index (χ4v) is 9.05. The molecule has 0 aromatic heterocycles. The van der Waals surface area contributed by atoms with Crippen molar-refractivity contribution in [3.63, 3.8) is 0 Å². The Balaban J connectivity index is 4.44. The predicted octanol–water partition coefficient (Wildman–Crippen LogP) is 23.7. The van der Waals surface area contributed by atoms with Gasteiger partial charge >= 0.3 is 17.9 Å². The lowest BCUT2D eigenvalue weighted by Gasteiger charge is -2.18. The lowest BCUT2D eigenvalue weighted by atomic mass is 10.0. The molecule has 0 N–H and O–H groups in total. The van der Waals surface area contributed by atoms with Crippen LogP contribution in [0.4, 0.5) is 0 Å². The molecular weight excluding hydrogens is 1020 g/mol. The standard InChI is InChI=1S/C77H124O6/c1-4-7-10-13-16-19-22-25-28-31-33-35-37-38-40-41-43-46-49-52-55-58-61-64-67-70-76(79)82-73-74(72-81-75(78)69-66-63-60-57-54-51-48-45-30-27-24-21-18-15-12-9-6-3)83-77(80)71-68-65-62-59-56-53-50-47-44-42-39-36-34-32-29-26-23-20-17-14-11-8-5-2/h7-12,16-21,25-30,33-36,48,51,57,60,74H,4-6,13-15,22-24,31-32,37-47,49-50,52-56,58-59,61-73H2,1-3H3/b10-7-,11-8-,12-9-,19-16-,20-17-,21-18-,28-25-,29-26-,30-27-,35-33-,36-34-,51-48-,60-57-. The van der Waals surface area contributed by atoms with Crippen LogP contribution in [0.1, 0.15) is 290 Å². The molecule has 0 radical (unpaired) electrons. The fraction of sp³-hybridized carbons (Fsp3) is 0.623. The maximum atomic E-state index is 13.0. The first kappa shape index (κ1) is 78.0. The summed E-state index contributed by atoms with van der Waals surface area (Å²) in [4.78, 5) is 38.4. The average Bonchev–Trinajstić information content (AvgIpc) is 3.49. The largest absolute Gasteiger partial charge is 0.462 e. The minimum atomic E-state index is -0.814. The number of hydrogen-bond donors (Lipinski definition) is 0. The Morgan fingerprint density at radius 2 is 0.446 bits per heavy atom. The van der Waals surface area contributed by atoms with Gasteiger partial charge in [-0.05, 0) is 135 Å². The van der Waals surface area contributed by atoms with Crippen LogP contribution in [-0.2, 0) is 28.6 Å². The number of unbranched alkanes of at least 4 members (excludes halogenated alkanes) is 23. The van der Waals surface area contributed by atoms with Crippen molar-refractivity contribution < 1.29 is 28.6 Å². The summed E-state index contributed by atoms with van der Waals surface area (Å²) in [6.07, 6.45) is 101. The molecule has 1 unspecified atom stereocenters. The lowest BCUT2D eigenvalue weighted by molar-refractivity contribution is -0.167. The van der Waals surface area contributed by atoms with Gasteiger partial charge in [0.05, 0.1) is 0 Å². The van der Waals surface area contributed by atoms with Crippen molar-refractivity contribution in [2.24, 2.45) is 0 Å². The van der Waals surface area contributed by atoms with Crippen molar-refractivity contribution in [2.75, 3.05) is 13.2 Å². The minimum absolute atomic E-state index is 0.104. The van der Waals surface area contributed by atoms with Crippen LogP contribution in [0, 0.1) is 0 Å². The summed E-state index contributed by atoms with van der Waals surface area (Å²) < 4.78 is 16.9. The number of ether oxygens (including phenoxy) is 3. The third-order valence-electron chi connectivity index (χ3n) is 14.0. The topological polar surface area (TPSA) is 78.9 Å². The van der Waals surface area contributed by atoms with Crippen LogP contribution >= 0.6 is 0 Å². The van der Waals surface area contributed by atoms with E-state index in [4.69, 9.17) is 14.2 Å². The summed E-state index contributed by atoms with van der Waals surface area (Å²) in [6.45, 7) is 6.26. The highest BCUT2D eigenvalue weighted by atomic mass is 16.6. The fourth-order valence-electron chi connectivity index (χ4n) is 9.05. The molecular formula is C77H124O6. The average molecular weight is 1150 g/mol. The van der Waals surface area contributed by atoms with Gasteiger partial charge in [0.15, 0.2) is 6.10 Å². The number of hydrogen-bond acceptors (Lipinski definition) is 6. The van der Waals surface area contributed by atoms with Gasteiger partial charge in [-0.1, -0.05) is 294 Å². The predicted molar refractivity (Wildman–Crippen MR) is 362 cm³/mol. The molecule has 0 saturated heterocycles. The summed E-state index contributed by atoms with van der Waals surface area (Å²) in [5.74, 6) is -0.968. The Hall–Kier alpha value is -4.97. The molecule has 0 saturated carbocycles. The van der Waals surface area contributed by atoms with Crippen LogP contribution in [0.25, 0.3) is 0 Å². The molecule has 0 aliphatic carbocycles. The van der Waals surface area contributed by atoms with Gasteiger partial charge in [0.25, 0.3) is 0 Å². The van der Waals surface area contributed by atoms with Gasteiger partial charge in [-0.3, -0.25) is 14.4 Å². The highest BCUT2D eigenvalue weighted by Gasteiger charge is 2.19. The maximum absolute atomic E-state index is 13.0. The van der Waals surface area contributed by atoms with Crippen molar-refractivity contribution >= 4 is 17.9 Å². The van der Waals surface area contributed by atoms with Gasteiger partial charge < -0.3 is 14.2 Å². The maximum Gasteiger partial charge on any atom is 0.306 e. The van der Waals surface area contributed by atoms with Crippen molar-refractivity contribution in [3.05, 3.63) is 158 Å². The molecule has 6 nitrogen and oxygen atoms in total. The number of carbonyl (C=O) groups excluding carboxylic acids is 3. The second-order valence-corrected chi connectivity index (χ2v) is 21.9. The Labute approximate surface area is 511 Å². The van der Waals surface area contributed by atoms with E-state index >= 15 is 0 Å². The van der Waals surface area contributed by atoms with Crippen LogP contribution in [0.2, 0.25) is 0 Å². The van der Waals surface area contributed by atoms with E-state index in [-0.39, 0.29) is 37.5 Å². The van der Waals surface area contributed by atoms with E-state index in [1.54, 1.807) is 0 Å². The van der Waals surface area contributed by atoms with Gasteiger partial charge in [-0.25, -0.2) is 0 Å². The Kier molecular flexibility index (Phi) is 65.4. The highest BCUT2D eigenvalue weighted by Crippen LogP contribution is 2.16. The van der Waals surface area contributed by atoms with E-state index < -0.39 is 6.10 Å². The molecule has 0 aliphatic rings. The van der Waals surface area contributed by atoms with Crippen LogP contribution in [0.3, 0.4) is 0 Å². The van der Waals surface area contributed by atoms with Crippen LogP contribution in [-0.4, -0.2) is 37.2 Å². The molecule has 468 valence electrons. The Morgan fingerprint density at radius 3 is 0.723 bits per heavy atom. The highest BCUT2D eigenvalue weighted by molar-refractivity contribution is 5.71. The third kappa shape index (κ3) is 67.7. The van der Waals surface area contributed by atoms with Crippen LogP contribution in [0.5, 0.6) is 0 Å². The molecule has 0 spiro atoms. The zero-order chi connectivity index (χ0) is 59.9. The van der Waals surface area contributed by atoms with Gasteiger partial charge in [0.1, 0.15) is 13.2 Å². The molecule has 0 fully saturated rings. The van der Waals surface area contributed by atoms with Crippen LogP contribution < -0.4 is 0 Å². The lowest BCUT2D eigenvalue weighted by Crippen LogP contribution is -2.30. The molecule has 0 aromatic rings. The van der Waals surface area contributed by atoms with Crippen molar-refractivity contribution in [1.29, 1.82) is 0 Å². The summed E-state index contributed by atoms with van der Waals surface area (Å²) >= 11 is 0. The second-order valence-electron chi connectivity index (χ2n) is 21.9. The molecule has 1 atom stereocenters. The molecule has 0 aliphatic heterocycles. The van der Waals surface area contributed by atoms with Crippen LogP contribution in [0.15, 0.2) is 158 Å². The minimum Gasteiger partial charge on any atom is -0.462 e. The Morgan fingerprint density at radius 1 is 0.241 bits per heavy atom. The quantitative estimate of drug-likeness (QED) is 0.0261. The van der Waals surface area contributed by atoms with Gasteiger partial charge in [0, 0.05) is 19.3 Å². The monoisotopic (exact) mass is 1140 g/mol. The SMILES string of the molecule is CC/C=C\C/C=C\C/C=C\C/C=C\C/C=C\CCCC(=O)OCC(COC(=O)CCCCCCCCCCCCCC/C=C\C/C=C\C/C=C\C/C=C\CC)OC(=O)CCCCCCCCCCCC/C=C\C/C=C\C/C=C\C/C=C\CC. The summed E-state index contributed by atoms with van der Waals surface area (Å²) in [7, 11) is 0. The van der Waals surface area contributed by atoms with E-state index in [1.807, 2.05) is 0 Å². The van der Waals surface area contributed by atoms with Gasteiger partial charge in [-0.15, -0.1) is 0 Å². The summed E-state index contributed by atoms with van der Waals surface area (Å²) in [6, 6.07) is 0. The zero-order valence-electron chi connectivity index (χ0n) is 53.7. The van der Waals surface area contributed by atoms with E-state index in [0.29, 0.717) is 19.3 Å². The smallest absolute Gasteiger partial charge is 0.306 e. The van der Waals surface area contributed by atoms with Crippen molar-refractivity contribution in [1.82, 2.24) is 0 Å². The van der Waals surface area contributed by atoms with E-state index in [1.165, 1.54) is 116 Å². The number of allylic oxidation sites excluding steroid dienone is 26. The molecule has 0 rings (SSSR count). The first-order chi connectivity index (χ1) is 41.0. The second kappa shape index (κ2) is 69.5. The zero-order valence-corrected chi connectivity index (χ0v) is 53.7. The molecule has 0 heterocycles. The van der Waals surface area contributed by atoms with E-state index in [2.05, 4.69) is 179 Å². The molecule has 83 heavy (non-hydrogen) atoms. The van der Waals surface area contributed by atoms with Crippen molar-refractivity contribution in [3.8, 4) is 0 Å². The van der Waals surface area contributed by atoms with Gasteiger partial charge in [-0.2, -0.15) is 0 Å². The summed E-state index contributed by atoms with van der Waals surface area (Å²) in [5, 5.41) is 0. The van der Waals surface area contributed by atoms with Gasteiger partial charge in [0.2, 0.25) is 0 Å². The number of carbonyl (C=O) groups is 3. The first-order valence-corrected chi connectivity index (χ1v) is 34.0. The molecule has 0 bridgehead atoms.